The van der Waals surface area contributed by atoms with Crippen LogP contribution in [0, 0.1) is 0 Å². The van der Waals surface area contributed by atoms with Gasteiger partial charge in [0.1, 0.15) is 5.75 Å². The predicted molar refractivity (Wildman–Crippen MR) is 72.9 cm³/mol. The molecule has 0 aromatic heterocycles. The molecule has 1 saturated carbocycles. The van der Waals surface area contributed by atoms with Gasteiger partial charge in [-0.3, -0.25) is 0 Å². The van der Waals surface area contributed by atoms with Gasteiger partial charge in [-0.05, 0) is 30.5 Å². The molecule has 0 spiro atoms. The lowest BCUT2D eigenvalue weighted by molar-refractivity contribution is -0.274. The molecule has 1 aromatic carbocycles. The Morgan fingerprint density at radius 2 is 1.90 bits per heavy atom. The number of alkyl halides is 3. The molecule has 1 aromatic rings. The summed E-state index contributed by atoms with van der Waals surface area (Å²) in [6.45, 7) is 0.856. The van der Waals surface area contributed by atoms with E-state index in [4.69, 9.17) is 0 Å². The van der Waals surface area contributed by atoms with E-state index < -0.39 is 12.0 Å². The first-order valence-electron chi connectivity index (χ1n) is 7.14. The average Bonchev–Trinajstić information content (AvgIpc) is 2.38. The third kappa shape index (κ3) is 5.55. The Balaban J connectivity index is 1.84. The molecule has 0 unspecified atom stereocenters. The molecular formula is C15H20F3NO2. The molecule has 2 rings (SSSR count). The van der Waals surface area contributed by atoms with E-state index in [2.05, 4.69) is 10.1 Å². The van der Waals surface area contributed by atoms with Crippen LogP contribution in [0.2, 0.25) is 0 Å². The number of hydrogen-bond acceptors (Lipinski definition) is 3. The molecule has 0 heterocycles. The zero-order valence-electron chi connectivity index (χ0n) is 11.7. The topological polar surface area (TPSA) is 41.5 Å². The lowest BCUT2D eigenvalue weighted by Crippen LogP contribution is -2.41. The molecule has 0 bridgehead atoms. The SMILES string of the molecule is OC1(CNCc2cccc(OC(F)(F)F)c2)CCCCC1. The van der Waals surface area contributed by atoms with Gasteiger partial charge in [-0.2, -0.15) is 0 Å². The molecule has 0 atom stereocenters. The van der Waals surface area contributed by atoms with E-state index in [9.17, 15) is 18.3 Å². The van der Waals surface area contributed by atoms with Crippen molar-refractivity contribution >= 4 is 0 Å². The largest absolute Gasteiger partial charge is 0.573 e. The molecule has 1 fully saturated rings. The van der Waals surface area contributed by atoms with Crippen molar-refractivity contribution in [3.8, 4) is 5.75 Å². The number of hydrogen-bond donors (Lipinski definition) is 2. The van der Waals surface area contributed by atoms with Crippen molar-refractivity contribution in [1.29, 1.82) is 0 Å². The van der Waals surface area contributed by atoms with Gasteiger partial charge in [-0.25, -0.2) is 0 Å². The lowest BCUT2D eigenvalue weighted by Gasteiger charge is -2.32. The number of ether oxygens (including phenoxy) is 1. The van der Waals surface area contributed by atoms with Crippen LogP contribution in [0.3, 0.4) is 0 Å². The molecule has 1 aliphatic rings. The Kier molecular flexibility index (Phi) is 5.11. The lowest BCUT2D eigenvalue weighted by atomic mass is 9.85. The first-order valence-corrected chi connectivity index (χ1v) is 7.14. The molecule has 2 N–H and O–H groups in total. The van der Waals surface area contributed by atoms with Crippen LogP contribution < -0.4 is 10.1 Å². The number of nitrogens with one attached hydrogen (secondary N) is 1. The normalized spacial score (nSPS) is 18.5. The van der Waals surface area contributed by atoms with E-state index in [1.807, 2.05) is 0 Å². The van der Waals surface area contributed by atoms with Crippen molar-refractivity contribution in [2.45, 2.75) is 50.6 Å². The summed E-state index contributed by atoms with van der Waals surface area (Å²) in [6.07, 6.45) is 0.0665. The van der Waals surface area contributed by atoms with Gasteiger partial charge < -0.3 is 15.2 Å². The second-order valence-electron chi connectivity index (χ2n) is 5.58. The van der Waals surface area contributed by atoms with Gasteiger partial charge in [0.25, 0.3) is 0 Å². The van der Waals surface area contributed by atoms with Crippen LogP contribution in [0.1, 0.15) is 37.7 Å². The highest BCUT2D eigenvalue weighted by atomic mass is 19.4. The van der Waals surface area contributed by atoms with E-state index in [-0.39, 0.29) is 5.75 Å². The highest BCUT2D eigenvalue weighted by molar-refractivity contribution is 5.28. The Hall–Kier alpha value is -1.27. The van der Waals surface area contributed by atoms with Crippen LogP contribution in [0.4, 0.5) is 13.2 Å². The average molecular weight is 303 g/mol. The summed E-state index contributed by atoms with van der Waals surface area (Å²) in [4.78, 5) is 0. The zero-order chi connectivity index (χ0) is 15.3. The van der Waals surface area contributed by atoms with E-state index >= 15 is 0 Å². The zero-order valence-corrected chi connectivity index (χ0v) is 11.7. The fourth-order valence-electron chi connectivity index (χ4n) is 2.68. The monoisotopic (exact) mass is 303 g/mol. The number of rotatable bonds is 5. The Bertz CT molecular complexity index is 456. The quantitative estimate of drug-likeness (QED) is 0.876. The summed E-state index contributed by atoms with van der Waals surface area (Å²) in [7, 11) is 0. The van der Waals surface area contributed by atoms with E-state index in [1.165, 1.54) is 18.2 Å². The summed E-state index contributed by atoms with van der Waals surface area (Å²) in [6, 6.07) is 5.87. The smallest absolute Gasteiger partial charge is 0.406 e. The van der Waals surface area contributed by atoms with E-state index in [0.29, 0.717) is 18.7 Å². The fraction of sp³-hybridized carbons (Fsp3) is 0.600. The first-order chi connectivity index (χ1) is 9.86. The third-order valence-corrected chi connectivity index (χ3v) is 3.70. The van der Waals surface area contributed by atoms with Crippen LogP contribution in [0.15, 0.2) is 24.3 Å². The summed E-state index contributed by atoms with van der Waals surface area (Å²) in [5, 5.41) is 13.4. The van der Waals surface area contributed by atoms with Crippen molar-refractivity contribution in [3.63, 3.8) is 0 Å². The highest BCUT2D eigenvalue weighted by Gasteiger charge is 2.31. The molecule has 1 aliphatic carbocycles. The molecule has 6 heteroatoms. The van der Waals surface area contributed by atoms with Crippen LogP contribution in [-0.2, 0) is 6.54 Å². The first kappa shape index (κ1) is 16.1. The molecule has 0 radical (unpaired) electrons. The van der Waals surface area contributed by atoms with Gasteiger partial charge in [0, 0.05) is 13.1 Å². The van der Waals surface area contributed by atoms with Gasteiger partial charge in [0.05, 0.1) is 5.60 Å². The van der Waals surface area contributed by atoms with Gasteiger partial charge in [-0.1, -0.05) is 31.4 Å². The molecule has 0 amide bonds. The summed E-state index contributed by atoms with van der Waals surface area (Å²) < 4.78 is 40.3. The Morgan fingerprint density at radius 1 is 1.19 bits per heavy atom. The molecular weight excluding hydrogens is 283 g/mol. The minimum Gasteiger partial charge on any atom is -0.406 e. The molecule has 3 nitrogen and oxygen atoms in total. The molecule has 118 valence electrons. The molecule has 21 heavy (non-hydrogen) atoms. The molecule has 0 aliphatic heterocycles. The fourth-order valence-corrected chi connectivity index (χ4v) is 2.68. The van der Waals surface area contributed by atoms with Gasteiger partial charge in [0.15, 0.2) is 0 Å². The van der Waals surface area contributed by atoms with Crippen molar-refractivity contribution in [2.75, 3.05) is 6.54 Å². The van der Waals surface area contributed by atoms with E-state index in [0.717, 1.165) is 32.1 Å². The van der Waals surface area contributed by atoms with Crippen LogP contribution in [0.25, 0.3) is 0 Å². The number of aliphatic hydroxyl groups is 1. The Morgan fingerprint density at radius 3 is 2.57 bits per heavy atom. The third-order valence-electron chi connectivity index (χ3n) is 3.70. The maximum Gasteiger partial charge on any atom is 0.573 e. The van der Waals surface area contributed by atoms with Crippen molar-refractivity contribution in [2.24, 2.45) is 0 Å². The van der Waals surface area contributed by atoms with Gasteiger partial charge >= 0.3 is 6.36 Å². The summed E-state index contributed by atoms with van der Waals surface area (Å²) in [5.74, 6) is -0.224. The second-order valence-corrected chi connectivity index (χ2v) is 5.58. The minimum absolute atomic E-state index is 0.224. The van der Waals surface area contributed by atoms with Crippen molar-refractivity contribution in [1.82, 2.24) is 5.32 Å². The predicted octanol–water partition coefficient (Wildman–Crippen LogP) is 3.37. The molecule has 0 saturated heterocycles. The van der Waals surface area contributed by atoms with Gasteiger partial charge in [0.2, 0.25) is 0 Å². The number of benzene rings is 1. The van der Waals surface area contributed by atoms with Crippen LogP contribution in [-0.4, -0.2) is 23.6 Å². The number of halogens is 3. The van der Waals surface area contributed by atoms with E-state index in [1.54, 1.807) is 6.07 Å². The van der Waals surface area contributed by atoms with Gasteiger partial charge in [-0.15, -0.1) is 13.2 Å². The maximum absolute atomic E-state index is 12.1. The van der Waals surface area contributed by atoms with Crippen LogP contribution in [0.5, 0.6) is 5.75 Å². The Labute approximate surface area is 122 Å². The highest BCUT2D eigenvalue weighted by Crippen LogP contribution is 2.27. The van der Waals surface area contributed by atoms with Crippen LogP contribution >= 0.6 is 0 Å². The maximum atomic E-state index is 12.1. The summed E-state index contributed by atoms with van der Waals surface area (Å²) >= 11 is 0. The van der Waals surface area contributed by atoms with Crippen molar-refractivity contribution < 1.29 is 23.0 Å². The minimum atomic E-state index is -4.68. The standard InChI is InChI=1S/C15H20F3NO2/c16-15(17,18)21-13-6-4-5-12(9-13)10-19-11-14(20)7-2-1-3-8-14/h4-6,9,19-20H,1-3,7-8,10-11H2. The van der Waals surface area contributed by atoms with Crippen molar-refractivity contribution in [3.05, 3.63) is 29.8 Å². The summed E-state index contributed by atoms with van der Waals surface area (Å²) in [5.41, 5.74) is 0.00868. The second kappa shape index (κ2) is 6.66.